The zero-order valence-corrected chi connectivity index (χ0v) is 13.9. The lowest BCUT2D eigenvalue weighted by Crippen LogP contribution is -2.76. The number of urea groups is 1. The zero-order valence-electron chi connectivity index (χ0n) is 13.1. The first-order valence-electron chi connectivity index (χ1n) is 7.17. The van der Waals surface area contributed by atoms with E-state index in [1.807, 2.05) is 6.92 Å². The third-order valence-corrected chi connectivity index (χ3v) is 5.65. The van der Waals surface area contributed by atoms with E-state index in [1.165, 1.54) is 22.7 Å². The summed E-state index contributed by atoms with van der Waals surface area (Å²) in [6.45, 7) is 2.67. The average molecular weight is 341 g/mol. The van der Waals surface area contributed by atoms with Crippen LogP contribution in [0.1, 0.15) is 6.92 Å². The van der Waals surface area contributed by atoms with Crippen molar-refractivity contribution < 1.29 is 24.0 Å². The Labute approximate surface area is 138 Å². The molecular weight excluding hydrogens is 320 g/mol. The predicted molar refractivity (Wildman–Crippen MR) is 86.0 cm³/mol. The smallest absolute Gasteiger partial charge is 0.414 e. The van der Waals surface area contributed by atoms with Crippen LogP contribution >= 0.6 is 11.8 Å². The maximum atomic E-state index is 12.3. The second-order valence-corrected chi connectivity index (χ2v) is 6.94. The summed E-state index contributed by atoms with van der Waals surface area (Å²) in [5.41, 5.74) is 10.3. The quantitative estimate of drug-likeness (QED) is 0.357. The Kier molecular flexibility index (Phi) is 4.56. The minimum atomic E-state index is -1.25. The van der Waals surface area contributed by atoms with Crippen molar-refractivity contribution >= 4 is 29.7 Å². The molecule has 1 fully saturated rings. The molecule has 5 N–H and O–H groups in total. The monoisotopic (exact) mass is 341 g/mol. The first kappa shape index (κ1) is 17.5. The van der Waals surface area contributed by atoms with Gasteiger partial charge in [0.1, 0.15) is 23.2 Å². The van der Waals surface area contributed by atoms with Crippen molar-refractivity contribution in [3.05, 3.63) is 23.9 Å². The minimum absolute atomic E-state index is 0.00255. The van der Waals surface area contributed by atoms with Crippen molar-refractivity contribution in [2.24, 2.45) is 11.5 Å². The number of hydrogen-bond donors (Lipinski definition) is 3. The first-order chi connectivity index (χ1) is 10.7. The Hall–Kier alpha value is -1.84. The van der Waals surface area contributed by atoms with E-state index in [0.29, 0.717) is 18.8 Å². The normalized spacial score (nSPS) is 29.5. The van der Waals surface area contributed by atoms with Gasteiger partial charge in [-0.25, -0.2) is 14.1 Å². The second kappa shape index (κ2) is 5.99. The van der Waals surface area contributed by atoms with Crippen LogP contribution in [0.2, 0.25) is 0 Å². The van der Waals surface area contributed by atoms with Crippen LogP contribution in [0.4, 0.5) is 4.79 Å². The number of carbonyl (C=O) groups is 3. The van der Waals surface area contributed by atoms with Crippen LogP contribution < -0.4 is 11.5 Å². The number of carboxylic acid groups (broad SMARTS) is 1. The molecule has 2 aliphatic heterocycles. The number of aliphatic carboxylic acids is 1. The summed E-state index contributed by atoms with van der Waals surface area (Å²) in [5, 5.41) is 8.69. The summed E-state index contributed by atoms with van der Waals surface area (Å²) in [6.07, 6.45) is 4.73. The van der Waals surface area contributed by atoms with Crippen LogP contribution in [0.25, 0.3) is 0 Å². The number of primary amides is 1. The SMILES string of the molecule is CC[N+](C)(CC=C[C@@]1(N)C(=O)N2C(C(=O)O)=CCS[C@H]21)C(N)=O. The van der Waals surface area contributed by atoms with Gasteiger partial charge in [0.05, 0.1) is 13.6 Å². The lowest BCUT2D eigenvalue weighted by atomic mass is 9.87. The van der Waals surface area contributed by atoms with Crippen LogP contribution in [-0.2, 0) is 9.59 Å². The Morgan fingerprint density at radius 3 is 2.78 bits per heavy atom. The largest absolute Gasteiger partial charge is 0.477 e. The number of thioether (sulfide) groups is 1. The molecule has 0 saturated carbocycles. The summed E-state index contributed by atoms with van der Waals surface area (Å²) >= 11 is 1.41. The standard InChI is InChI=1S/C14H20N4O4S/c1-3-18(2,13(15)22)7-4-6-14(16)11(21)17-9(10(19)20)5-8-23-12(14)17/h4-6,12H,3,7-8,16H2,1-2H3,(H2-,15,19,20,22)/p+1/t12-,14+,18?/m0/s1. The Morgan fingerprint density at radius 1 is 1.61 bits per heavy atom. The fraction of sp³-hybridized carbons (Fsp3) is 0.500. The lowest BCUT2D eigenvalue weighted by Gasteiger charge is -2.53. The maximum absolute atomic E-state index is 12.3. The fourth-order valence-corrected chi connectivity index (χ4v) is 3.78. The van der Waals surface area contributed by atoms with Crippen molar-refractivity contribution in [1.29, 1.82) is 0 Å². The molecule has 1 saturated heterocycles. The topological polar surface area (TPSA) is 127 Å². The Bertz CT molecular complexity index is 620. The number of nitrogens with two attached hydrogens (primary N) is 2. The van der Waals surface area contributed by atoms with Crippen LogP contribution in [0.3, 0.4) is 0 Å². The summed E-state index contributed by atoms with van der Waals surface area (Å²) in [5.74, 6) is -1.12. The number of carbonyl (C=O) groups excluding carboxylic acids is 2. The first-order valence-corrected chi connectivity index (χ1v) is 8.22. The molecule has 0 bridgehead atoms. The number of carboxylic acids is 1. The number of fused-ring (bicyclic) bond motifs is 1. The zero-order chi connectivity index (χ0) is 17.4. The van der Waals surface area contributed by atoms with E-state index in [4.69, 9.17) is 16.6 Å². The summed E-state index contributed by atoms with van der Waals surface area (Å²) < 4.78 is 0.00255. The van der Waals surface area contributed by atoms with Crippen molar-refractivity contribution in [1.82, 2.24) is 4.90 Å². The molecule has 9 heteroatoms. The van der Waals surface area contributed by atoms with Crippen molar-refractivity contribution in [3.8, 4) is 0 Å². The van der Waals surface area contributed by atoms with Gasteiger partial charge in [-0.15, -0.1) is 11.8 Å². The number of nitrogens with zero attached hydrogens (tertiary/aromatic N) is 2. The molecule has 126 valence electrons. The van der Waals surface area contributed by atoms with E-state index in [-0.39, 0.29) is 10.2 Å². The number of hydrogen-bond acceptors (Lipinski definition) is 5. The van der Waals surface area contributed by atoms with Gasteiger partial charge in [0.15, 0.2) is 0 Å². The predicted octanol–water partition coefficient (Wildman–Crippen LogP) is -0.331. The molecule has 1 unspecified atom stereocenters. The van der Waals surface area contributed by atoms with Crippen molar-refractivity contribution in [2.45, 2.75) is 17.8 Å². The molecule has 2 rings (SSSR count). The number of amides is 3. The molecule has 23 heavy (non-hydrogen) atoms. The maximum Gasteiger partial charge on any atom is 0.414 e. The molecule has 3 atom stereocenters. The van der Waals surface area contributed by atoms with E-state index in [2.05, 4.69) is 0 Å². The van der Waals surface area contributed by atoms with Crippen LogP contribution in [0, 0.1) is 0 Å². The summed E-state index contributed by atoms with van der Waals surface area (Å²) in [4.78, 5) is 36.2. The number of quaternary nitrogens is 1. The molecule has 0 aromatic heterocycles. The molecule has 2 heterocycles. The van der Waals surface area contributed by atoms with E-state index in [1.54, 1.807) is 19.2 Å². The van der Waals surface area contributed by atoms with Crippen LogP contribution in [0.15, 0.2) is 23.9 Å². The van der Waals surface area contributed by atoms with Gasteiger partial charge in [0.25, 0.3) is 5.91 Å². The average Bonchev–Trinajstić information content (AvgIpc) is 2.52. The van der Waals surface area contributed by atoms with Gasteiger partial charge in [-0.3, -0.25) is 9.69 Å². The molecule has 0 radical (unpaired) electrons. The highest BCUT2D eigenvalue weighted by Crippen LogP contribution is 2.43. The highest BCUT2D eigenvalue weighted by molar-refractivity contribution is 8.00. The van der Waals surface area contributed by atoms with Gasteiger partial charge < -0.3 is 16.6 Å². The fourth-order valence-electron chi connectivity index (χ4n) is 2.53. The molecule has 3 amide bonds. The highest BCUT2D eigenvalue weighted by Gasteiger charge is 2.60. The molecular formula is C14H21N4O4S+. The number of β-lactam (4-membered cyclic amide) rings is 1. The molecule has 8 nitrogen and oxygen atoms in total. The van der Waals surface area contributed by atoms with Crippen LogP contribution in [-0.4, -0.2) is 69.2 Å². The highest BCUT2D eigenvalue weighted by atomic mass is 32.2. The lowest BCUT2D eigenvalue weighted by molar-refractivity contribution is -0.820. The van der Waals surface area contributed by atoms with E-state index in [9.17, 15) is 14.4 Å². The van der Waals surface area contributed by atoms with E-state index >= 15 is 0 Å². The number of rotatable bonds is 5. The molecule has 0 aromatic rings. The van der Waals surface area contributed by atoms with E-state index in [0.717, 1.165) is 0 Å². The van der Waals surface area contributed by atoms with Crippen molar-refractivity contribution in [2.75, 3.05) is 25.9 Å². The van der Waals surface area contributed by atoms with Gasteiger partial charge in [-0.2, -0.15) is 0 Å². The van der Waals surface area contributed by atoms with Gasteiger partial charge >= 0.3 is 12.0 Å². The van der Waals surface area contributed by atoms with Gasteiger partial charge in [-0.05, 0) is 19.1 Å². The summed E-state index contributed by atoms with van der Waals surface area (Å²) in [6, 6.07) is -0.465. The third-order valence-electron chi connectivity index (χ3n) is 4.37. The molecule has 0 aliphatic carbocycles. The minimum Gasteiger partial charge on any atom is -0.477 e. The third kappa shape index (κ3) is 2.75. The summed E-state index contributed by atoms with van der Waals surface area (Å²) in [7, 11) is 1.70. The molecule has 0 aromatic carbocycles. The van der Waals surface area contributed by atoms with Crippen molar-refractivity contribution in [3.63, 3.8) is 0 Å². The Balaban J connectivity index is 2.14. The van der Waals surface area contributed by atoms with E-state index < -0.39 is 28.8 Å². The van der Waals surface area contributed by atoms with Crippen LogP contribution in [0.5, 0.6) is 0 Å². The second-order valence-electron chi connectivity index (χ2n) is 5.82. The van der Waals surface area contributed by atoms with Gasteiger partial charge in [0.2, 0.25) is 0 Å². The Morgan fingerprint density at radius 2 is 2.26 bits per heavy atom. The molecule has 0 spiro atoms. The van der Waals surface area contributed by atoms with Gasteiger partial charge in [-0.1, -0.05) is 6.08 Å². The molecule has 2 aliphatic rings. The van der Waals surface area contributed by atoms with Gasteiger partial charge in [0, 0.05) is 5.75 Å². The number of likely N-dealkylation sites (N-methyl/N-ethyl adjacent to an activating group) is 1.